The topological polar surface area (TPSA) is 38.7 Å². The van der Waals surface area contributed by atoms with Gasteiger partial charge >= 0.3 is 0 Å². The van der Waals surface area contributed by atoms with E-state index in [1.807, 2.05) is 36.4 Å². The van der Waals surface area contributed by atoms with Crippen LogP contribution in [0.15, 0.2) is 121 Å². The Morgan fingerprint density at radius 2 is 1.09 bits per heavy atom. The second kappa shape index (κ2) is 11.0. The number of rotatable bonds is 9. The van der Waals surface area contributed by atoms with E-state index in [-0.39, 0.29) is 12.0 Å². The predicted octanol–water partition coefficient (Wildman–Crippen LogP) is 6.35. The average molecular weight is 465 g/mol. The fourth-order valence-corrected chi connectivity index (χ4v) is 5.22. The molecule has 0 radical (unpaired) electrons. The standard InChI is InChI=1S/C32H32O3/c33-30-22-21-26(31(30)34-23-25-13-5-1-6-14-25)24-35-32(27-15-7-2-8-16-27,28-17-9-3-10-18-28)29-19-11-4-12-20-29/h1-20,26,30-31,33H,21-24H2/t26-,30+,31-/m1/s1. The van der Waals surface area contributed by atoms with E-state index in [1.54, 1.807) is 0 Å². The highest BCUT2D eigenvalue weighted by atomic mass is 16.5. The van der Waals surface area contributed by atoms with Gasteiger partial charge in [0, 0.05) is 5.92 Å². The van der Waals surface area contributed by atoms with Crippen molar-refractivity contribution in [3.63, 3.8) is 0 Å². The van der Waals surface area contributed by atoms with Crippen molar-refractivity contribution in [3.05, 3.63) is 144 Å². The van der Waals surface area contributed by atoms with Crippen molar-refractivity contribution in [3.8, 4) is 0 Å². The van der Waals surface area contributed by atoms with Crippen molar-refractivity contribution >= 4 is 0 Å². The molecule has 1 aliphatic carbocycles. The van der Waals surface area contributed by atoms with Gasteiger partial charge in [-0.1, -0.05) is 121 Å². The van der Waals surface area contributed by atoms with E-state index in [9.17, 15) is 5.11 Å². The van der Waals surface area contributed by atoms with E-state index in [4.69, 9.17) is 9.47 Å². The van der Waals surface area contributed by atoms with Gasteiger partial charge in [-0.25, -0.2) is 0 Å². The van der Waals surface area contributed by atoms with Crippen LogP contribution >= 0.6 is 0 Å². The van der Waals surface area contributed by atoms with Crippen molar-refractivity contribution in [2.75, 3.05) is 6.61 Å². The quantitative estimate of drug-likeness (QED) is 0.293. The molecule has 0 unspecified atom stereocenters. The van der Waals surface area contributed by atoms with Crippen LogP contribution in [0.25, 0.3) is 0 Å². The lowest BCUT2D eigenvalue weighted by atomic mass is 9.80. The molecule has 1 fully saturated rings. The van der Waals surface area contributed by atoms with Gasteiger partial charge in [0.05, 0.1) is 25.4 Å². The van der Waals surface area contributed by atoms with Gasteiger partial charge in [-0.05, 0) is 35.1 Å². The van der Waals surface area contributed by atoms with Crippen LogP contribution < -0.4 is 0 Å². The zero-order valence-corrected chi connectivity index (χ0v) is 19.9. The SMILES string of the molecule is O[C@H]1CC[C@H](COC(c2ccccc2)(c2ccccc2)c2ccccc2)[C@H]1OCc1ccccc1. The molecule has 35 heavy (non-hydrogen) atoms. The summed E-state index contributed by atoms with van der Waals surface area (Å²) in [5.74, 6) is 0.101. The lowest BCUT2D eigenvalue weighted by Crippen LogP contribution is -2.37. The van der Waals surface area contributed by atoms with Crippen LogP contribution in [0.3, 0.4) is 0 Å². The van der Waals surface area contributed by atoms with Crippen LogP contribution in [0.2, 0.25) is 0 Å². The summed E-state index contributed by atoms with van der Waals surface area (Å²) < 4.78 is 13.3. The molecule has 3 atom stereocenters. The first-order valence-electron chi connectivity index (χ1n) is 12.4. The van der Waals surface area contributed by atoms with Crippen molar-refractivity contribution in [2.45, 2.75) is 37.3 Å². The lowest BCUT2D eigenvalue weighted by Gasteiger charge is -2.37. The fraction of sp³-hybridized carbons (Fsp3) is 0.250. The van der Waals surface area contributed by atoms with Gasteiger partial charge in [0.2, 0.25) is 0 Å². The molecular formula is C32H32O3. The second-order valence-corrected chi connectivity index (χ2v) is 9.26. The fourth-order valence-electron chi connectivity index (χ4n) is 5.22. The van der Waals surface area contributed by atoms with Crippen LogP contribution in [0.1, 0.15) is 35.1 Å². The van der Waals surface area contributed by atoms with Gasteiger partial charge in [-0.3, -0.25) is 0 Å². The molecular weight excluding hydrogens is 432 g/mol. The molecule has 3 nitrogen and oxygen atoms in total. The monoisotopic (exact) mass is 464 g/mol. The van der Waals surface area contributed by atoms with Crippen molar-refractivity contribution in [2.24, 2.45) is 5.92 Å². The smallest absolute Gasteiger partial charge is 0.143 e. The number of aliphatic hydroxyl groups excluding tert-OH is 1. The van der Waals surface area contributed by atoms with Crippen molar-refractivity contribution < 1.29 is 14.6 Å². The zero-order chi connectivity index (χ0) is 23.9. The summed E-state index contributed by atoms with van der Waals surface area (Å²) in [6, 6.07) is 41.4. The normalized spacial score (nSPS) is 20.1. The Bertz CT molecular complexity index is 1070. The molecule has 3 heteroatoms. The summed E-state index contributed by atoms with van der Waals surface area (Å²) in [4.78, 5) is 0. The van der Waals surface area contributed by atoms with E-state index in [0.717, 1.165) is 35.1 Å². The molecule has 1 aliphatic rings. The number of benzene rings is 4. The summed E-state index contributed by atoms with van der Waals surface area (Å²) in [5, 5.41) is 10.7. The molecule has 0 aromatic heterocycles. The van der Waals surface area contributed by atoms with Crippen LogP contribution in [-0.2, 0) is 21.7 Å². The minimum absolute atomic E-state index is 0.101. The van der Waals surface area contributed by atoms with Crippen LogP contribution in [0, 0.1) is 5.92 Å². The molecule has 5 rings (SSSR count). The Hall–Kier alpha value is -3.24. The van der Waals surface area contributed by atoms with Gasteiger partial charge in [0.15, 0.2) is 0 Å². The third kappa shape index (κ3) is 5.08. The van der Waals surface area contributed by atoms with Gasteiger partial charge in [0.25, 0.3) is 0 Å². The Morgan fingerprint density at radius 1 is 0.629 bits per heavy atom. The van der Waals surface area contributed by atoms with Gasteiger partial charge in [-0.2, -0.15) is 0 Å². The van der Waals surface area contributed by atoms with E-state index in [1.165, 1.54) is 0 Å². The van der Waals surface area contributed by atoms with E-state index in [0.29, 0.717) is 13.2 Å². The Labute approximate surface area is 208 Å². The maximum atomic E-state index is 10.7. The Balaban J connectivity index is 1.46. The van der Waals surface area contributed by atoms with Gasteiger partial charge in [-0.15, -0.1) is 0 Å². The van der Waals surface area contributed by atoms with Crippen LogP contribution in [-0.4, -0.2) is 23.9 Å². The third-order valence-electron chi connectivity index (χ3n) is 7.02. The summed E-state index contributed by atoms with van der Waals surface area (Å²) in [7, 11) is 0. The molecule has 0 heterocycles. The largest absolute Gasteiger partial charge is 0.390 e. The third-order valence-corrected chi connectivity index (χ3v) is 7.02. The predicted molar refractivity (Wildman–Crippen MR) is 139 cm³/mol. The molecule has 0 saturated heterocycles. The highest BCUT2D eigenvalue weighted by Gasteiger charge is 2.41. The molecule has 1 N–H and O–H groups in total. The average Bonchev–Trinajstić information content (AvgIpc) is 3.29. The number of aliphatic hydroxyl groups is 1. The molecule has 0 aliphatic heterocycles. The lowest BCUT2D eigenvalue weighted by molar-refractivity contribution is -0.0828. The maximum absolute atomic E-state index is 10.7. The van der Waals surface area contributed by atoms with Crippen molar-refractivity contribution in [1.82, 2.24) is 0 Å². The number of ether oxygens (including phenoxy) is 2. The number of hydrogen-bond donors (Lipinski definition) is 1. The van der Waals surface area contributed by atoms with Gasteiger partial charge in [0.1, 0.15) is 5.60 Å². The second-order valence-electron chi connectivity index (χ2n) is 9.26. The minimum Gasteiger partial charge on any atom is -0.390 e. The first-order valence-corrected chi connectivity index (χ1v) is 12.4. The van der Waals surface area contributed by atoms with Crippen LogP contribution in [0.4, 0.5) is 0 Å². The Morgan fingerprint density at radius 3 is 1.57 bits per heavy atom. The molecule has 178 valence electrons. The van der Waals surface area contributed by atoms with Crippen molar-refractivity contribution in [1.29, 1.82) is 0 Å². The first kappa shape index (κ1) is 23.5. The summed E-state index contributed by atoms with van der Waals surface area (Å²) in [5.41, 5.74) is 3.59. The summed E-state index contributed by atoms with van der Waals surface area (Å²) in [6.07, 6.45) is 0.861. The van der Waals surface area contributed by atoms with Crippen LogP contribution in [0.5, 0.6) is 0 Å². The summed E-state index contributed by atoms with van der Waals surface area (Å²) >= 11 is 0. The highest BCUT2D eigenvalue weighted by Crippen LogP contribution is 2.42. The first-order chi connectivity index (χ1) is 17.3. The highest BCUT2D eigenvalue weighted by molar-refractivity contribution is 5.47. The molecule has 0 spiro atoms. The molecule has 4 aromatic rings. The van der Waals surface area contributed by atoms with E-state index < -0.39 is 11.7 Å². The minimum atomic E-state index is -0.763. The molecule has 4 aromatic carbocycles. The molecule has 0 amide bonds. The maximum Gasteiger partial charge on any atom is 0.143 e. The number of hydrogen-bond acceptors (Lipinski definition) is 3. The molecule has 0 bridgehead atoms. The Kier molecular flexibility index (Phi) is 7.39. The zero-order valence-electron chi connectivity index (χ0n) is 19.9. The summed E-state index contributed by atoms with van der Waals surface area (Å²) in [6.45, 7) is 0.968. The molecule has 1 saturated carbocycles. The van der Waals surface area contributed by atoms with Gasteiger partial charge < -0.3 is 14.6 Å². The van der Waals surface area contributed by atoms with E-state index in [2.05, 4.69) is 84.9 Å². The van der Waals surface area contributed by atoms with E-state index >= 15 is 0 Å².